The summed E-state index contributed by atoms with van der Waals surface area (Å²) in [6, 6.07) is 19.0. The van der Waals surface area contributed by atoms with Crippen molar-refractivity contribution in [3.05, 3.63) is 65.7 Å². The van der Waals surface area contributed by atoms with Crippen LogP contribution in [0.1, 0.15) is 36.9 Å². The molecular weight excluding hydrogens is 477 g/mol. The maximum Gasteiger partial charge on any atom is 0.191 e. The minimum Gasteiger partial charge on any atom is -0.497 e. The zero-order valence-electron chi connectivity index (χ0n) is 17.5. The van der Waals surface area contributed by atoms with Crippen LogP contribution in [0, 0.1) is 0 Å². The lowest BCUT2D eigenvalue weighted by molar-refractivity contribution is 0.0513. The van der Waals surface area contributed by atoms with Gasteiger partial charge in [-0.3, -0.25) is 4.99 Å². The molecule has 0 bridgehead atoms. The van der Waals surface area contributed by atoms with Crippen LogP contribution in [0.15, 0.2) is 59.6 Å². The maximum absolute atomic E-state index is 5.65. The lowest BCUT2D eigenvalue weighted by atomic mass is 9.74. The summed E-state index contributed by atoms with van der Waals surface area (Å²) in [5, 5.41) is 7.06. The largest absolute Gasteiger partial charge is 0.497 e. The predicted molar refractivity (Wildman–Crippen MR) is 129 cm³/mol. The highest BCUT2D eigenvalue weighted by Crippen LogP contribution is 2.35. The number of rotatable bonds is 6. The van der Waals surface area contributed by atoms with Gasteiger partial charge in [-0.25, -0.2) is 0 Å². The molecule has 0 aromatic heterocycles. The summed E-state index contributed by atoms with van der Waals surface area (Å²) in [5.41, 5.74) is 2.58. The molecule has 0 amide bonds. The molecule has 158 valence electrons. The standard InChI is InChI=1S/C23H31N3O2.HI/c1-18(19-7-5-4-6-8-19)26-22(24-2)25-17-23(13-15-28-16-14-23)20-9-11-21(27-3)12-10-20;/h4-12,18H,13-17H2,1-3H3,(H2,24,25,26);1H. The van der Waals surface area contributed by atoms with Gasteiger partial charge in [0, 0.05) is 32.2 Å². The third-order valence-electron chi connectivity index (χ3n) is 5.62. The first kappa shape index (κ1) is 23.5. The average Bonchev–Trinajstić information content (AvgIpc) is 2.77. The number of nitrogens with zero attached hydrogens (tertiary/aromatic N) is 1. The van der Waals surface area contributed by atoms with Crippen LogP contribution in [0.25, 0.3) is 0 Å². The molecule has 1 saturated heterocycles. The molecule has 2 aromatic carbocycles. The van der Waals surface area contributed by atoms with Gasteiger partial charge in [0.25, 0.3) is 0 Å². The number of aliphatic imine (C=N–C) groups is 1. The van der Waals surface area contributed by atoms with E-state index in [1.807, 2.05) is 25.2 Å². The summed E-state index contributed by atoms with van der Waals surface area (Å²) in [6.45, 7) is 4.51. The molecule has 1 aliphatic heterocycles. The molecular formula is C23H32IN3O2. The van der Waals surface area contributed by atoms with Crippen molar-refractivity contribution in [2.45, 2.75) is 31.2 Å². The third-order valence-corrected chi connectivity index (χ3v) is 5.62. The van der Waals surface area contributed by atoms with Crippen molar-refractivity contribution in [3.8, 4) is 5.75 Å². The van der Waals surface area contributed by atoms with Gasteiger partial charge in [-0.05, 0) is 43.0 Å². The molecule has 0 spiro atoms. The van der Waals surface area contributed by atoms with E-state index in [2.05, 4.69) is 58.9 Å². The second kappa shape index (κ2) is 11.4. The predicted octanol–water partition coefficient (Wildman–Crippen LogP) is 4.29. The lowest BCUT2D eigenvalue weighted by Crippen LogP contribution is -2.48. The Balaban J connectivity index is 0.00000300. The van der Waals surface area contributed by atoms with Gasteiger partial charge in [0.2, 0.25) is 0 Å². The van der Waals surface area contributed by atoms with Crippen LogP contribution in [-0.4, -0.2) is 39.9 Å². The highest BCUT2D eigenvalue weighted by Gasteiger charge is 2.34. The van der Waals surface area contributed by atoms with Crippen molar-refractivity contribution in [2.24, 2.45) is 4.99 Å². The lowest BCUT2D eigenvalue weighted by Gasteiger charge is -2.38. The van der Waals surface area contributed by atoms with Gasteiger partial charge in [0.1, 0.15) is 5.75 Å². The van der Waals surface area contributed by atoms with Gasteiger partial charge in [-0.2, -0.15) is 0 Å². The van der Waals surface area contributed by atoms with Crippen LogP contribution in [0.4, 0.5) is 0 Å². The third kappa shape index (κ3) is 6.09. The SMILES string of the molecule is CN=C(NCC1(c2ccc(OC)cc2)CCOCC1)NC(C)c1ccccc1.I. The second-order valence-electron chi connectivity index (χ2n) is 7.32. The maximum atomic E-state index is 5.65. The monoisotopic (exact) mass is 509 g/mol. The highest BCUT2D eigenvalue weighted by molar-refractivity contribution is 14.0. The van der Waals surface area contributed by atoms with Gasteiger partial charge < -0.3 is 20.1 Å². The molecule has 6 heteroatoms. The van der Waals surface area contributed by atoms with Crippen LogP contribution < -0.4 is 15.4 Å². The Bertz CT molecular complexity index is 759. The van der Waals surface area contributed by atoms with Gasteiger partial charge in [0.05, 0.1) is 13.2 Å². The number of methoxy groups -OCH3 is 1. The molecule has 3 rings (SSSR count). The summed E-state index contributed by atoms with van der Waals surface area (Å²) in [5.74, 6) is 1.70. The Kier molecular flexibility index (Phi) is 9.23. The van der Waals surface area contributed by atoms with Crippen molar-refractivity contribution >= 4 is 29.9 Å². The van der Waals surface area contributed by atoms with Crippen LogP contribution in [-0.2, 0) is 10.2 Å². The topological polar surface area (TPSA) is 54.9 Å². The fourth-order valence-electron chi connectivity index (χ4n) is 3.75. The fourth-order valence-corrected chi connectivity index (χ4v) is 3.75. The van der Waals surface area contributed by atoms with Crippen LogP contribution in [0.3, 0.4) is 0 Å². The Hall–Kier alpha value is -1.80. The minimum absolute atomic E-state index is 0. The molecule has 0 saturated carbocycles. The van der Waals surface area contributed by atoms with E-state index in [1.54, 1.807) is 7.11 Å². The molecule has 2 N–H and O–H groups in total. The van der Waals surface area contributed by atoms with Crippen molar-refractivity contribution in [3.63, 3.8) is 0 Å². The first-order valence-corrected chi connectivity index (χ1v) is 9.91. The summed E-state index contributed by atoms with van der Waals surface area (Å²) in [4.78, 5) is 4.43. The number of guanidine groups is 1. The first-order valence-electron chi connectivity index (χ1n) is 9.91. The van der Waals surface area contributed by atoms with Crippen molar-refractivity contribution in [2.75, 3.05) is 33.9 Å². The van der Waals surface area contributed by atoms with Gasteiger partial charge >= 0.3 is 0 Å². The van der Waals surface area contributed by atoms with Gasteiger partial charge in [-0.1, -0.05) is 42.5 Å². The first-order chi connectivity index (χ1) is 13.7. The van der Waals surface area contributed by atoms with Crippen LogP contribution >= 0.6 is 24.0 Å². The molecule has 1 aliphatic rings. The van der Waals surface area contributed by atoms with E-state index >= 15 is 0 Å². The van der Waals surface area contributed by atoms with Gasteiger partial charge in [-0.15, -0.1) is 24.0 Å². The molecule has 0 radical (unpaired) electrons. The van der Waals surface area contributed by atoms with E-state index in [-0.39, 0.29) is 35.4 Å². The van der Waals surface area contributed by atoms with Gasteiger partial charge in [0.15, 0.2) is 5.96 Å². The summed E-state index contributed by atoms with van der Waals surface area (Å²) in [6.07, 6.45) is 1.97. The molecule has 29 heavy (non-hydrogen) atoms. The summed E-state index contributed by atoms with van der Waals surface area (Å²) >= 11 is 0. The van der Waals surface area contributed by atoms with Crippen molar-refractivity contribution in [1.82, 2.24) is 10.6 Å². The molecule has 1 heterocycles. The summed E-state index contributed by atoms with van der Waals surface area (Å²) in [7, 11) is 3.52. The molecule has 2 aromatic rings. The number of benzene rings is 2. The van der Waals surface area contributed by atoms with Crippen molar-refractivity contribution in [1.29, 1.82) is 0 Å². The van der Waals surface area contributed by atoms with E-state index < -0.39 is 0 Å². The molecule has 1 fully saturated rings. The normalized spacial score (nSPS) is 17.0. The van der Waals surface area contributed by atoms with E-state index in [0.29, 0.717) is 0 Å². The Morgan fingerprint density at radius 2 is 1.76 bits per heavy atom. The quantitative estimate of drug-likeness (QED) is 0.347. The second-order valence-corrected chi connectivity index (χ2v) is 7.32. The Morgan fingerprint density at radius 1 is 1.10 bits per heavy atom. The number of hydrogen-bond acceptors (Lipinski definition) is 3. The van der Waals surface area contributed by atoms with E-state index in [4.69, 9.17) is 9.47 Å². The number of hydrogen-bond donors (Lipinski definition) is 2. The van der Waals surface area contributed by atoms with E-state index in [9.17, 15) is 0 Å². The van der Waals surface area contributed by atoms with Crippen LogP contribution in [0.2, 0.25) is 0 Å². The molecule has 5 nitrogen and oxygen atoms in total. The average molecular weight is 509 g/mol. The Morgan fingerprint density at radius 3 is 2.34 bits per heavy atom. The van der Waals surface area contributed by atoms with E-state index in [1.165, 1.54) is 11.1 Å². The van der Waals surface area contributed by atoms with Crippen LogP contribution in [0.5, 0.6) is 5.75 Å². The van der Waals surface area contributed by atoms with E-state index in [0.717, 1.165) is 44.3 Å². The molecule has 1 unspecified atom stereocenters. The fraction of sp³-hybridized carbons (Fsp3) is 0.435. The minimum atomic E-state index is 0. The molecule has 0 aliphatic carbocycles. The number of halogens is 1. The highest BCUT2D eigenvalue weighted by atomic mass is 127. The smallest absolute Gasteiger partial charge is 0.191 e. The number of nitrogens with one attached hydrogen (secondary N) is 2. The summed E-state index contributed by atoms with van der Waals surface area (Å²) < 4.78 is 11.0. The zero-order chi connectivity index (χ0) is 19.8. The zero-order valence-corrected chi connectivity index (χ0v) is 19.8. The van der Waals surface area contributed by atoms with Crippen molar-refractivity contribution < 1.29 is 9.47 Å². The number of ether oxygens (including phenoxy) is 2. The molecule has 1 atom stereocenters. The Labute approximate surface area is 191 Å².